The number of aromatic amines is 1. The number of hydrogen-bond acceptors (Lipinski definition) is 3. The highest BCUT2D eigenvalue weighted by Crippen LogP contribution is 2.13. The minimum Gasteiger partial charge on any atom is -0.329 e. The molecule has 3 nitrogen and oxygen atoms in total. The van der Waals surface area contributed by atoms with E-state index in [1.165, 1.54) is 0 Å². The summed E-state index contributed by atoms with van der Waals surface area (Å²) in [6.07, 6.45) is 2.09. The van der Waals surface area contributed by atoms with Crippen molar-refractivity contribution in [2.24, 2.45) is 0 Å². The fourth-order valence-electron chi connectivity index (χ4n) is 1.52. The van der Waals surface area contributed by atoms with Crippen molar-refractivity contribution < 1.29 is 0 Å². The Morgan fingerprint density at radius 3 is 3.07 bits per heavy atom. The quantitative estimate of drug-likeness (QED) is 0.836. The summed E-state index contributed by atoms with van der Waals surface area (Å²) in [5, 5.41) is 0. The van der Waals surface area contributed by atoms with Gasteiger partial charge in [0, 0.05) is 18.0 Å². The molecule has 0 unspecified atom stereocenters. The zero-order valence-corrected chi connectivity index (χ0v) is 10.4. The molecular weight excluding hydrogens is 226 g/mol. The summed E-state index contributed by atoms with van der Waals surface area (Å²) in [4.78, 5) is 7.67. The average molecular weight is 239 g/mol. The summed E-state index contributed by atoms with van der Waals surface area (Å²) in [5.41, 5.74) is 3.01. The summed E-state index contributed by atoms with van der Waals surface area (Å²) in [5.74, 6) is 1.05. The Bertz CT molecular complexity index is 527. The highest BCUT2D eigenvalue weighted by Gasteiger charge is 2.04. The number of nitrogens with zero attached hydrogens (tertiary/aromatic N) is 2. The first-order chi connectivity index (χ1) is 7.22. The first-order valence-corrected chi connectivity index (χ1v) is 6.57. The molecule has 0 aliphatic carbocycles. The van der Waals surface area contributed by atoms with Gasteiger partial charge in [-0.2, -0.15) is 11.8 Å². The van der Waals surface area contributed by atoms with E-state index in [2.05, 4.69) is 20.8 Å². The molecule has 0 aliphatic rings. The Morgan fingerprint density at radius 2 is 2.33 bits per heavy atom. The molecular formula is C10H13N3S2. The van der Waals surface area contributed by atoms with Crippen molar-refractivity contribution in [2.45, 2.75) is 13.5 Å². The molecule has 2 rings (SSSR count). The number of imidazole rings is 1. The molecule has 15 heavy (non-hydrogen) atoms. The zero-order chi connectivity index (χ0) is 10.8. The van der Waals surface area contributed by atoms with Crippen LogP contribution in [0.1, 0.15) is 5.69 Å². The van der Waals surface area contributed by atoms with Gasteiger partial charge in [0.15, 0.2) is 10.4 Å². The molecule has 0 radical (unpaired) electrons. The first kappa shape index (κ1) is 10.7. The molecule has 0 aromatic carbocycles. The third kappa shape index (κ3) is 2.08. The van der Waals surface area contributed by atoms with Crippen LogP contribution < -0.4 is 0 Å². The van der Waals surface area contributed by atoms with E-state index >= 15 is 0 Å². The molecule has 0 saturated heterocycles. The largest absolute Gasteiger partial charge is 0.329 e. The van der Waals surface area contributed by atoms with Crippen molar-refractivity contribution >= 4 is 35.1 Å². The lowest BCUT2D eigenvalue weighted by atomic mass is 10.3. The number of fused-ring (bicyclic) bond motifs is 1. The fraction of sp³-hybridized carbons (Fsp3) is 0.400. The lowest BCUT2D eigenvalue weighted by molar-refractivity contribution is 0.774. The maximum Gasteiger partial charge on any atom is 0.179 e. The van der Waals surface area contributed by atoms with E-state index in [9.17, 15) is 0 Å². The van der Waals surface area contributed by atoms with Gasteiger partial charge in [-0.25, -0.2) is 4.98 Å². The highest BCUT2D eigenvalue weighted by atomic mass is 32.2. The smallest absolute Gasteiger partial charge is 0.179 e. The number of rotatable bonds is 3. The number of hydrogen-bond donors (Lipinski definition) is 1. The van der Waals surface area contributed by atoms with E-state index in [1.54, 1.807) is 0 Å². The number of aromatic nitrogens is 3. The Balaban J connectivity index is 2.55. The van der Waals surface area contributed by atoms with Crippen molar-refractivity contribution in [1.29, 1.82) is 0 Å². The maximum atomic E-state index is 5.27. The molecule has 0 spiro atoms. The molecule has 0 bridgehead atoms. The summed E-state index contributed by atoms with van der Waals surface area (Å²) in [6.45, 7) is 2.91. The predicted molar refractivity (Wildman–Crippen MR) is 68.0 cm³/mol. The van der Waals surface area contributed by atoms with Crippen LogP contribution in [0.4, 0.5) is 0 Å². The standard InChI is InChI=1S/C10H13N3S2/c1-7-3-4-8-9(11-7)13(5-6-15-2)10(14)12-8/h3-4H,5-6H2,1-2H3,(H,12,14). The van der Waals surface area contributed by atoms with Crippen LogP contribution in [-0.4, -0.2) is 26.5 Å². The van der Waals surface area contributed by atoms with Gasteiger partial charge in [0.25, 0.3) is 0 Å². The third-order valence-electron chi connectivity index (χ3n) is 2.28. The van der Waals surface area contributed by atoms with E-state index in [0.29, 0.717) is 0 Å². The van der Waals surface area contributed by atoms with Gasteiger partial charge in [-0.15, -0.1) is 0 Å². The molecule has 0 saturated carbocycles. The number of aryl methyl sites for hydroxylation is 2. The molecule has 0 fully saturated rings. The van der Waals surface area contributed by atoms with Gasteiger partial charge < -0.3 is 9.55 Å². The molecule has 0 amide bonds. The Morgan fingerprint density at radius 1 is 1.53 bits per heavy atom. The van der Waals surface area contributed by atoms with Gasteiger partial charge in [-0.1, -0.05) is 0 Å². The molecule has 0 atom stereocenters. The predicted octanol–water partition coefficient (Wildman–Crippen LogP) is 2.77. The van der Waals surface area contributed by atoms with Gasteiger partial charge in [0.1, 0.15) is 0 Å². The number of H-pyrrole nitrogens is 1. The van der Waals surface area contributed by atoms with Crippen LogP contribution in [0, 0.1) is 11.7 Å². The van der Waals surface area contributed by atoms with E-state index in [1.807, 2.05) is 30.8 Å². The van der Waals surface area contributed by atoms with E-state index in [4.69, 9.17) is 12.2 Å². The second-order valence-corrected chi connectivity index (χ2v) is 4.77. The SMILES string of the molecule is CSCCn1c(=S)[nH]c2ccc(C)nc21. The zero-order valence-electron chi connectivity index (χ0n) is 8.78. The second-order valence-electron chi connectivity index (χ2n) is 3.40. The lowest BCUT2D eigenvalue weighted by Gasteiger charge is -2.02. The molecule has 5 heteroatoms. The number of pyridine rings is 1. The molecule has 0 aliphatic heterocycles. The highest BCUT2D eigenvalue weighted by molar-refractivity contribution is 7.98. The van der Waals surface area contributed by atoms with Gasteiger partial charge >= 0.3 is 0 Å². The molecule has 2 aromatic heterocycles. The topological polar surface area (TPSA) is 33.6 Å². The fourth-order valence-corrected chi connectivity index (χ4v) is 2.17. The summed E-state index contributed by atoms with van der Waals surface area (Å²) in [7, 11) is 0. The summed E-state index contributed by atoms with van der Waals surface area (Å²) in [6, 6.07) is 4.02. The third-order valence-corrected chi connectivity index (χ3v) is 3.19. The molecule has 2 aromatic rings. The van der Waals surface area contributed by atoms with Gasteiger partial charge in [0.05, 0.1) is 5.52 Å². The van der Waals surface area contributed by atoms with Crippen molar-refractivity contribution in [3.8, 4) is 0 Å². The van der Waals surface area contributed by atoms with Gasteiger partial charge in [0.2, 0.25) is 0 Å². The lowest BCUT2D eigenvalue weighted by Crippen LogP contribution is -2.01. The van der Waals surface area contributed by atoms with Crippen LogP contribution in [0.15, 0.2) is 12.1 Å². The van der Waals surface area contributed by atoms with Gasteiger partial charge in [-0.05, 0) is 37.5 Å². The summed E-state index contributed by atoms with van der Waals surface area (Å²) >= 11 is 7.08. The van der Waals surface area contributed by atoms with Crippen LogP contribution in [0.5, 0.6) is 0 Å². The van der Waals surface area contributed by atoms with Crippen molar-refractivity contribution in [3.63, 3.8) is 0 Å². The molecule has 80 valence electrons. The first-order valence-electron chi connectivity index (χ1n) is 4.77. The van der Waals surface area contributed by atoms with E-state index in [0.717, 1.165) is 33.9 Å². The van der Waals surface area contributed by atoms with E-state index < -0.39 is 0 Å². The van der Waals surface area contributed by atoms with Crippen LogP contribution in [0.25, 0.3) is 11.2 Å². The van der Waals surface area contributed by atoms with Crippen LogP contribution in [-0.2, 0) is 6.54 Å². The molecule has 2 heterocycles. The van der Waals surface area contributed by atoms with Crippen LogP contribution >= 0.6 is 24.0 Å². The Kier molecular flexibility index (Phi) is 3.11. The molecule has 1 N–H and O–H groups in total. The van der Waals surface area contributed by atoms with Gasteiger partial charge in [-0.3, -0.25) is 0 Å². The van der Waals surface area contributed by atoms with Crippen molar-refractivity contribution in [3.05, 3.63) is 22.6 Å². The maximum absolute atomic E-state index is 5.27. The normalized spacial score (nSPS) is 11.1. The van der Waals surface area contributed by atoms with Crippen LogP contribution in [0.3, 0.4) is 0 Å². The van der Waals surface area contributed by atoms with Crippen molar-refractivity contribution in [2.75, 3.05) is 12.0 Å². The monoisotopic (exact) mass is 239 g/mol. The number of nitrogens with one attached hydrogen (secondary N) is 1. The minimum absolute atomic E-state index is 0.761. The minimum atomic E-state index is 0.761. The number of thioether (sulfide) groups is 1. The second kappa shape index (κ2) is 4.37. The average Bonchev–Trinajstić information content (AvgIpc) is 2.51. The Hall–Kier alpha value is -0.810. The van der Waals surface area contributed by atoms with Crippen LogP contribution in [0.2, 0.25) is 0 Å². The van der Waals surface area contributed by atoms with Crippen molar-refractivity contribution in [1.82, 2.24) is 14.5 Å². The Labute approximate surface area is 97.9 Å². The summed E-state index contributed by atoms with van der Waals surface area (Å²) < 4.78 is 2.82. The van der Waals surface area contributed by atoms with E-state index in [-0.39, 0.29) is 0 Å².